The van der Waals surface area contributed by atoms with Gasteiger partial charge in [-0.3, -0.25) is 14.7 Å². The zero-order valence-corrected chi connectivity index (χ0v) is 17.4. The van der Waals surface area contributed by atoms with Crippen molar-refractivity contribution in [3.63, 3.8) is 0 Å². The Labute approximate surface area is 171 Å². The molecule has 28 heavy (non-hydrogen) atoms. The standard InChI is InChI=1S/C20H21ClN4O2S/c1-12-16(11-14-5-7-15(21)8-6-14)18(26)25(23-12)20-22-13(2)17(28-20)19(27)24-9-3-4-10-24/h5-8,23H,3-4,9-11H2,1-2H3. The van der Waals surface area contributed by atoms with E-state index in [-0.39, 0.29) is 11.5 Å². The number of thiazole rings is 1. The van der Waals surface area contributed by atoms with Crippen LogP contribution in [0, 0.1) is 13.8 Å². The van der Waals surface area contributed by atoms with Crippen LogP contribution in [0.1, 0.15) is 45.0 Å². The van der Waals surface area contributed by atoms with Gasteiger partial charge in [-0.25, -0.2) is 4.98 Å². The average molecular weight is 417 g/mol. The van der Waals surface area contributed by atoms with Gasteiger partial charge in [0.05, 0.1) is 5.69 Å². The van der Waals surface area contributed by atoms with Crippen molar-refractivity contribution >= 4 is 28.8 Å². The van der Waals surface area contributed by atoms with Crippen LogP contribution in [-0.2, 0) is 6.42 Å². The number of hydrogen-bond acceptors (Lipinski definition) is 4. The van der Waals surface area contributed by atoms with E-state index in [1.807, 2.05) is 43.0 Å². The minimum atomic E-state index is -0.138. The van der Waals surface area contributed by atoms with Gasteiger partial charge in [0.25, 0.3) is 11.5 Å². The van der Waals surface area contributed by atoms with Crippen LogP contribution in [0.3, 0.4) is 0 Å². The first kappa shape index (κ1) is 19.0. The summed E-state index contributed by atoms with van der Waals surface area (Å²) in [6, 6.07) is 7.47. The minimum Gasteiger partial charge on any atom is -0.338 e. The van der Waals surface area contributed by atoms with Gasteiger partial charge in [0.2, 0.25) is 5.13 Å². The summed E-state index contributed by atoms with van der Waals surface area (Å²) in [7, 11) is 0. The molecule has 0 atom stereocenters. The number of nitrogens with zero attached hydrogens (tertiary/aromatic N) is 3. The Morgan fingerprint density at radius 1 is 1.21 bits per heavy atom. The molecule has 1 aliphatic heterocycles. The summed E-state index contributed by atoms with van der Waals surface area (Å²) >= 11 is 7.21. The first-order valence-corrected chi connectivity index (χ1v) is 10.5. The van der Waals surface area contributed by atoms with Crippen LogP contribution in [0.2, 0.25) is 5.02 Å². The molecule has 1 amide bonds. The molecule has 2 aromatic heterocycles. The number of hydrogen-bond donors (Lipinski definition) is 1. The van der Waals surface area contributed by atoms with Gasteiger partial charge < -0.3 is 4.90 Å². The molecule has 1 fully saturated rings. The van der Waals surface area contributed by atoms with Crippen LogP contribution in [0.4, 0.5) is 0 Å². The summed E-state index contributed by atoms with van der Waals surface area (Å²) < 4.78 is 1.44. The number of amides is 1. The van der Waals surface area contributed by atoms with Crippen LogP contribution in [-0.4, -0.2) is 38.7 Å². The zero-order chi connectivity index (χ0) is 19.8. The molecule has 6 nitrogen and oxygen atoms in total. The van der Waals surface area contributed by atoms with E-state index < -0.39 is 0 Å². The maximum absolute atomic E-state index is 13.0. The lowest BCUT2D eigenvalue weighted by Crippen LogP contribution is -2.27. The number of benzene rings is 1. The first-order valence-electron chi connectivity index (χ1n) is 9.26. The normalized spacial score (nSPS) is 14.0. The van der Waals surface area contributed by atoms with Gasteiger partial charge >= 0.3 is 0 Å². The van der Waals surface area contributed by atoms with Crippen molar-refractivity contribution in [1.82, 2.24) is 19.7 Å². The van der Waals surface area contributed by atoms with Crippen LogP contribution in [0.15, 0.2) is 29.1 Å². The summed E-state index contributed by atoms with van der Waals surface area (Å²) in [5.74, 6) is 0.0106. The lowest BCUT2D eigenvalue weighted by Gasteiger charge is -2.13. The summed E-state index contributed by atoms with van der Waals surface area (Å²) in [5.41, 5.74) is 3.01. The molecule has 0 saturated carbocycles. The molecule has 0 bridgehead atoms. The zero-order valence-electron chi connectivity index (χ0n) is 15.8. The molecule has 8 heteroatoms. The van der Waals surface area contributed by atoms with Gasteiger partial charge in [-0.2, -0.15) is 4.68 Å². The van der Waals surface area contributed by atoms with Gasteiger partial charge in [0, 0.05) is 35.8 Å². The van der Waals surface area contributed by atoms with E-state index in [1.54, 1.807) is 0 Å². The second kappa shape index (κ2) is 7.56. The van der Waals surface area contributed by atoms with E-state index in [1.165, 1.54) is 16.0 Å². The van der Waals surface area contributed by atoms with Crippen molar-refractivity contribution in [3.8, 4) is 5.13 Å². The smallest absolute Gasteiger partial charge is 0.277 e. The van der Waals surface area contributed by atoms with Gasteiger partial charge in [0.15, 0.2) is 0 Å². The number of nitrogens with one attached hydrogen (secondary N) is 1. The second-order valence-corrected chi connectivity index (χ2v) is 8.48. The quantitative estimate of drug-likeness (QED) is 0.704. The first-order chi connectivity index (χ1) is 13.4. The Hall–Kier alpha value is -2.38. The minimum absolute atomic E-state index is 0.0106. The van der Waals surface area contributed by atoms with Crippen molar-refractivity contribution in [1.29, 1.82) is 0 Å². The van der Waals surface area contributed by atoms with Crippen molar-refractivity contribution in [3.05, 3.63) is 67.0 Å². The Balaban J connectivity index is 1.65. The third kappa shape index (κ3) is 3.52. The molecule has 3 heterocycles. The second-order valence-electron chi connectivity index (χ2n) is 7.07. The highest BCUT2D eigenvalue weighted by molar-refractivity contribution is 7.16. The largest absolute Gasteiger partial charge is 0.338 e. The molecule has 0 unspecified atom stereocenters. The Morgan fingerprint density at radius 3 is 2.57 bits per heavy atom. The lowest BCUT2D eigenvalue weighted by molar-refractivity contribution is 0.0796. The molecular weight excluding hydrogens is 396 g/mol. The number of H-pyrrole nitrogens is 1. The number of halogens is 1. The lowest BCUT2D eigenvalue weighted by atomic mass is 10.1. The monoisotopic (exact) mass is 416 g/mol. The molecule has 1 saturated heterocycles. The number of rotatable bonds is 4. The maximum Gasteiger partial charge on any atom is 0.277 e. The molecule has 146 valence electrons. The van der Waals surface area contributed by atoms with Crippen LogP contribution in [0.25, 0.3) is 5.13 Å². The number of likely N-dealkylation sites (tertiary alicyclic amines) is 1. The fourth-order valence-electron chi connectivity index (χ4n) is 3.47. The van der Waals surface area contributed by atoms with Crippen molar-refractivity contribution in [2.45, 2.75) is 33.1 Å². The third-order valence-corrected chi connectivity index (χ3v) is 6.43. The number of aryl methyl sites for hydroxylation is 2. The van der Waals surface area contributed by atoms with Crippen molar-refractivity contribution in [2.24, 2.45) is 0 Å². The SMILES string of the molecule is Cc1nc(-n2[nH]c(C)c(Cc3ccc(Cl)cc3)c2=O)sc1C(=O)N1CCCC1. The van der Waals surface area contributed by atoms with Gasteiger partial charge in [0.1, 0.15) is 4.88 Å². The van der Waals surface area contributed by atoms with Gasteiger partial charge in [-0.1, -0.05) is 35.1 Å². The van der Waals surface area contributed by atoms with E-state index in [4.69, 9.17) is 11.6 Å². The Kier molecular flexibility index (Phi) is 5.12. The Morgan fingerprint density at radius 2 is 1.89 bits per heavy atom. The van der Waals surface area contributed by atoms with Crippen molar-refractivity contribution in [2.75, 3.05) is 13.1 Å². The number of carbonyl (C=O) groups is 1. The fraction of sp³-hybridized carbons (Fsp3) is 0.350. The molecule has 1 aromatic carbocycles. The van der Waals surface area contributed by atoms with Crippen LogP contribution >= 0.6 is 22.9 Å². The van der Waals surface area contributed by atoms with E-state index in [0.29, 0.717) is 32.7 Å². The number of aromatic nitrogens is 3. The molecule has 0 spiro atoms. The summed E-state index contributed by atoms with van der Waals surface area (Å²) in [6.45, 7) is 5.27. The highest BCUT2D eigenvalue weighted by Crippen LogP contribution is 2.24. The topological polar surface area (TPSA) is 71.0 Å². The fourth-order valence-corrected chi connectivity index (χ4v) is 4.59. The van der Waals surface area contributed by atoms with Crippen molar-refractivity contribution < 1.29 is 4.79 Å². The average Bonchev–Trinajstić information content (AvgIpc) is 3.39. The number of carbonyl (C=O) groups excluding carboxylic acids is 1. The Bertz CT molecular complexity index is 1070. The molecule has 1 aliphatic rings. The predicted molar refractivity (Wildman–Crippen MR) is 111 cm³/mol. The van der Waals surface area contributed by atoms with E-state index in [9.17, 15) is 9.59 Å². The van der Waals surface area contributed by atoms with Crippen LogP contribution < -0.4 is 5.56 Å². The summed E-state index contributed by atoms with van der Waals surface area (Å²) in [4.78, 5) is 32.7. The summed E-state index contributed by atoms with van der Waals surface area (Å²) in [5, 5.41) is 4.27. The highest BCUT2D eigenvalue weighted by atomic mass is 35.5. The van der Waals surface area contributed by atoms with E-state index >= 15 is 0 Å². The molecular formula is C20H21ClN4O2S. The summed E-state index contributed by atoms with van der Waals surface area (Å²) in [6.07, 6.45) is 2.59. The molecule has 3 aromatic rings. The third-order valence-electron chi connectivity index (χ3n) is 5.05. The highest BCUT2D eigenvalue weighted by Gasteiger charge is 2.25. The molecule has 0 radical (unpaired) electrons. The molecule has 1 N–H and O–H groups in total. The van der Waals surface area contributed by atoms with E-state index in [2.05, 4.69) is 10.1 Å². The number of aromatic amines is 1. The molecule has 4 rings (SSSR count). The van der Waals surface area contributed by atoms with E-state index in [0.717, 1.165) is 37.2 Å². The van der Waals surface area contributed by atoms with Gasteiger partial charge in [-0.05, 0) is 44.4 Å². The predicted octanol–water partition coefficient (Wildman–Crippen LogP) is 3.72. The maximum atomic E-state index is 13.0. The van der Waals surface area contributed by atoms with Crippen LogP contribution in [0.5, 0.6) is 0 Å². The molecule has 0 aliphatic carbocycles. The van der Waals surface area contributed by atoms with Gasteiger partial charge in [-0.15, -0.1) is 0 Å².